The first-order valence-electron chi connectivity index (χ1n) is 11.4. The third kappa shape index (κ3) is 4.07. The molecule has 0 radical (unpaired) electrons. The van der Waals surface area contributed by atoms with Crippen LogP contribution in [0.3, 0.4) is 0 Å². The van der Waals surface area contributed by atoms with Gasteiger partial charge in [-0.2, -0.15) is 0 Å². The van der Waals surface area contributed by atoms with E-state index in [1.54, 1.807) is 0 Å². The van der Waals surface area contributed by atoms with Gasteiger partial charge in [0.05, 0.1) is 4.90 Å². The lowest BCUT2D eigenvalue weighted by atomic mass is 9.49. The van der Waals surface area contributed by atoms with Crippen LogP contribution in [0.1, 0.15) is 76.0 Å². The summed E-state index contributed by atoms with van der Waals surface area (Å²) in [5.74, 6) is 0.474. The fourth-order valence-electron chi connectivity index (χ4n) is 6.14. The predicted molar refractivity (Wildman–Crippen MR) is 123 cm³/mol. The molecule has 0 aliphatic heterocycles. The summed E-state index contributed by atoms with van der Waals surface area (Å²) in [4.78, 5) is 0.117. The van der Waals surface area contributed by atoms with E-state index in [9.17, 15) is 12.8 Å². The maximum absolute atomic E-state index is 13.2. The highest BCUT2D eigenvalue weighted by Crippen LogP contribution is 2.57. The van der Waals surface area contributed by atoms with Crippen molar-refractivity contribution in [3.8, 4) is 0 Å². The molecule has 1 fully saturated rings. The smallest absolute Gasteiger partial charge is 0.211 e. The highest BCUT2D eigenvalue weighted by atomic mass is 32.2. The van der Waals surface area contributed by atoms with Crippen molar-refractivity contribution in [2.75, 3.05) is 6.54 Å². The van der Waals surface area contributed by atoms with Crippen LogP contribution in [-0.2, 0) is 21.9 Å². The Balaban J connectivity index is 1.61. The molecule has 31 heavy (non-hydrogen) atoms. The Morgan fingerprint density at radius 1 is 1.10 bits per heavy atom. The lowest BCUT2D eigenvalue weighted by molar-refractivity contribution is 0.0298. The molecule has 0 aromatic heterocycles. The highest BCUT2D eigenvalue weighted by molar-refractivity contribution is 7.89. The largest absolute Gasteiger partial charge is 0.240 e. The second-order valence-electron chi connectivity index (χ2n) is 10.4. The number of rotatable bonds is 5. The molecule has 5 heteroatoms. The van der Waals surface area contributed by atoms with Gasteiger partial charge < -0.3 is 0 Å². The summed E-state index contributed by atoms with van der Waals surface area (Å²) in [6.07, 6.45) is 5.38. The molecule has 1 saturated carbocycles. The van der Waals surface area contributed by atoms with Gasteiger partial charge in [-0.25, -0.2) is 17.5 Å². The zero-order valence-electron chi connectivity index (χ0n) is 19.0. The van der Waals surface area contributed by atoms with Crippen LogP contribution in [0.5, 0.6) is 0 Å². The van der Waals surface area contributed by atoms with E-state index in [0.29, 0.717) is 18.4 Å². The van der Waals surface area contributed by atoms with Crippen molar-refractivity contribution in [3.63, 3.8) is 0 Å². The van der Waals surface area contributed by atoms with E-state index in [0.717, 1.165) is 32.1 Å². The van der Waals surface area contributed by atoms with Crippen molar-refractivity contribution >= 4 is 10.0 Å². The van der Waals surface area contributed by atoms with Crippen LogP contribution in [0.4, 0.5) is 4.39 Å². The lowest BCUT2D eigenvalue weighted by Crippen LogP contribution is -2.53. The fourth-order valence-corrected chi connectivity index (χ4v) is 7.32. The number of nitrogens with one attached hydrogen (secondary N) is 1. The Labute approximate surface area is 186 Å². The second-order valence-corrected chi connectivity index (χ2v) is 12.1. The molecule has 3 atom stereocenters. The van der Waals surface area contributed by atoms with E-state index in [1.165, 1.54) is 41.0 Å². The minimum Gasteiger partial charge on any atom is -0.211 e. The van der Waals surface area contributed by atoms with Crippen LogP contribution in [0.2, 0.25) is 0 Å². The van der Waals surface area contributed by atoms with Crippen LogP contribution >= 0.6 is 0 Å². The maximum Gasteiger partial charge on any atom is 0.240 e. The average Bonchev–Trinajstić information content (AvgIpc) is 2.72. The van der Waals surface area contributed by atoms with Crippen molar-refractivity contribution in [1.82, 2.24) is 4.72 Å². The summed E-state index contributed by atoms with van der Waals surface area (Å²) in [7, 11) is -3.67. The third-order valence-corrected chi connectivity index (χ3v) is 9.38. The van der Waals surface area contributed by atoms with E-state index < -0.39 is 15.8 Å². The molecule has 4 rings (SSSR count). The number of halogens is 1. The summed E-state index contributed by atoms with van der Waals surface area (Å²) >= 11 is 0. The minimum atomic E-state index is -3.67. The molecule has 168 valence electrons. The van der Waals surface area contributed by atoms with Gasteiger partial charge in [-0.05, 0) is 89.3 Å². The molecule has 0 bridgehead atoms. The predicted octanol–water partition coefficient (Wildman–Crippen LogP) is 5.94. The van der Waals surface area contributed by atoms with E-state index >= 15 is 0 Å². The molecule has 1 N–H and O–H groups in total. The van der Waals surface area contributed by atoms with Gasteiger partial charge in [0.15, 0.2) is 0 Å². The van der Waals surface area contributed by atoms with E-state index in [1.807, 2.05) is 0 Å². The molecule has 0 heterocycles. The molecule has 0 spiro atoms. The Morgan fingerprint density at radius 3 is 2.48 bits per heavy atom. The molecule has 2 aliphatic carbocycles. The molecule has 2 aliphatic rings. The molecular weight excluding hydrogens is 409 g/mol. The Kier molecular flexibility index (Phi) is 5.80. The summed E-state index contributed by atoms with van der Waals surface area (Å²) in [6, 6.07) is 12.0. The standard InChI is InChI=1S/C26H34FNO2S/c1-18(2)20-7-6-19-8-13-24-25(3,14-5-15-26(24,4)23(19)16-20)17-28-31(29,30)22-11-9-21(27)10-12-22/h6-7,9-12,16,18,24,28H,5,8,13-15,17H2,1-4H3/t24-,25-,26+/m1/s1. The molecular formula is C26H34FNO2S. The number of sulfonamides is 1. The minimum absolute atomic E-state index is 0.0623. The fraction of sp³-hybridized carbons (Fsp3) is 0.538. The molecule has 2 aromatic carbocycles. The lowest BCUT2D eigenvalue weighted by Gasteiger charge is -2.55. The van der Waals surface area contributed by atoms with Crippen LogP contribution < -0.4 is 4.72 Å². The number of benzene rings is 2. The van der Waals surface area contributed by atoms with Crippen molar-refractivity contribution in [3.05, 3.63) is 65.0 Å². The summed E-state index contributed by atoms with van der Waals surface area (Å²) in [5, 5.41) is 0. The molecule has 3 nitrogen and oxygen atoms in total. The SMILES string of the molecule is CC(C)c1ccc2c(c1)[C@]1(C)CCC[C@](C)(CNS(=O)(=O)c3ccc(F)cc3)[C@H]1CC2. The summed E-state index contributed by atoms with van der Waals surface area (Å²) in [6.45, 7) is 9.52. The molecule has 0 amide bonds. The molecule has 0 saturated heterocycles. The first-order valence-corrected chi connectivity index (χ1v) is 12.9. The van der Waals surface area contributed by atoms with Gasteiger partial charge in [-0.3, -0.25) is 0 Å². The Hall–Kier alpha value is -1.72. The Morgan fingerprint density at radius 2 is 1.81 bits per heavy atom. The summed E-state index contributed by atoms with van der Waals surface area (Å²) < 4.78 is 41.8. The van der Waals surface area contributed by atoms with Crippen LogP contribution in [0.15, 0.2) is 47.4 Å². The van der Waals surface area contributed by atoms with Gasteiger partial charge >= 0.3 is 0 Å². The van der Waals surface area contributed by atoms with Gasteiger partial charge in [0, 0.05) is 6.54 Å². The van der Waals surface area contributed by atoms with Gasteiger partial charge in [-0.15, -0.1) is 0 Å². The van der Waals surface area contributed by atoms with Crippen molar-refractivity contribution in [2.45, 2.75) is 76.0 Å². The maximum atomic E-state index is 13.2. The number of fused-ring (bicyclic) bond motifs is 3. The molecule has 0 unspecified atom stereocenters. The Bertz CT molecular complexity index is 1060. The monoisotopic (exact) mass is 443 g/mol. The summed E-state index contributed by atoms with van der Waals surface area (Å²) in [5.41, 5.74) is 4.25. The van der Waals surface area contributed by atoms with E-state index in [-0.39, 0.29) is 15.7 Å². The average molecular weight is 444 g/mol. The van der Waals surface area contributed by atoms with Gasteiger partial charge in [0.25, 0.3) is 0 Å². The van der Waals surface area contributed by atoms with Crippen LogP contribution in [0, 0.1) is 17.2 Å². The first kappa shape index (κ1) is 22.5. The van der Waals surface area contributed by atoms with Gasteiger partial charge in [0.2, 0.25) is 10.0 Å². The van der Waals surface area contributed by atoms with Gasteiger partial charge in [-0.1, -0.05) is 52.3 Å². The van der Waals surface area contributed by atoms with Crippen molar-refractivity contribution in [1.29, 1.82) is 0 Å². The van der Waals surface area contributed by atoms with Crippen molar-refractivity contribution in [2.24, 2.45) is 11.3 Å². The third-order valence-electron chi connectivity index (χ3n) is 7.96. The van der Waals surface area contributed by atoms with Gasteiger partial charge in [0.1, 0.15) is 5.82 Å². The van der Waals surface area contributed by atoms with E-state index in [4.69, 9.17) is 0 Å². The normalized spacial score (nSPS) is 28.3. The van der Waals surface area contributed by atoms with Crippen molar-refractivity contribution < 1.29 is 12.8 Å². The number of hydrogen-bond donors (Lipinski definition) is 1. The number of hydrogen-bond acceptors (Lipinski definition) is 2. The zero-order chi connectivity index (χ0) is 22.4. The van der Waals surface area contributed by atoms with Crippen LogP contribution in [0.25, 0.3) is 0 Å². The van der Waals surface area contributed by atoms with Crippen LogP contribution in [-0.4, -0.2) is 15.0 Å². The highest BCUT2D eigenvalue weighted by Gasteiger charge is 2.51. The zero-order valence-corrected chi connectivity index (χ0v) is 19.9. The first-order chi connectivity index (χ1) is 14.6. The molecule has 2 aromatic rings. The second kappa shape index (κ2) is 8.00. The number of aryl methyl sites for hydroxylation is 1. The van der Waals surface area contributed by atoms with E-state index in [2.05, 4.69) is 50.6 Å². The topological polar surface area (TPSA) is 46.2 Å². The quantitative estimate of drug-likeness (QED) is 0.622.